The lowest BCUT2D eigenvalue weighted by atomic mass is 10.0. The summed E-state index contributed by atoms with van der Waals surface area (Å²) < 4.78 is 6.18. The van der Waals surface area contributed by atoms with E-state index in [1.165, 1.54) is 101 Å². The smallest absolute Gasteiger partial charge is 0.279 e. The molecule has 0 fully saturated rings. The second-order valence-electron chi connectivity index (χ2n) is 32.9. The van der Waals surface area contributed by atoms with Crippen LogP contribution in [0.25, 0.3) is 67.5 Å². The zero-order chi connectivity index (χ0) is 101. The SMILES string of the molecule is C#CCN(C(=O)c1ccccc1)c1nc(-c2ccc(C)cc2C)cs1.C#CCn1c(-c2ccc(C)cc2C)csc1=NC(=O)c1ccccc1.CCCCn1c(-c2ccc(C)cc2C)csc1=NC(=O)c1ccccc1.CCCN(C(=O)c1ccccc1)c1nc(-c2ccccc2)cs1.CCN(C(=O)c1ccccc1)c1nc(-c2ccccc2)cs1.CCn1c(-c2ccccc2)csc1=NC(=O)c1ccccc1. The van der Waals surface area contributed by atoms with Crippen LogP contribution in [0.15, 0.2) is 375 Å². The van der Waals surface area contributed by atoms with E-state index in [0.717, 1.165) is 120 Å². The maximum absolute atomic E-state index is 12.8. The van der Waals surface area contributed by atoms with Crippen LogP contribution >= 0.6 is 68.0 Å². The highest BCUT2D eigenvalue weighted by Gasteiger charge is 2.25. The lowest BCUT2D eigenvalue weighted by molar-refractivity contribution is 0.0979. The molecule has 6 aromatic heterocycles. The van der Waals surface area contributed by atoms with Crippen molar-refractivity contribution in [3.63, 3.8) is 0 Å². The fourth-order valence-corrected chi connectivity index (χ4v) is 20.6. The van der Waals surface area contributed by atoms with E-state index in [0.29, 0.717) is 62.9 Å². The fourth-order valence-electron chi connectivity index (χ4n) is 15.3. The summed E-state index contributed by atoms with van der Waals surface area (Å²) in [5.74, 6) is 4.41. The lowest BCUT2D eigenvalue weighted by Gasteiger charge is -2.19. The molecule has 18 aromatic rings. The molecule has 718 valence electrons. The largest absolute Gasteiger partial charge is 0.317 e. The maximum atomic E-state index is 12.8. The summed E-state index contributed by atoms with van der Waals surface area (Å²) in [6.07, 6.45) is 14.1. The number of thiazole rings is 6. The van der Waals surface area contributed by atoms with Crippen molar-refractivity contribution in [2.75, 3.05) is 34.3 Å². The average molecular weight is 2000 g/mol. The topological polar surface area (TPSA) is 203 Å². The van der Waals surface area contributed by atoms with Crippen molar-refractivity contribution in [1.29, 1.82) is 0 Å². The number of hydrogen-bond donors (Lipinski definition) is 0. The molecular formula is C119H110N12O6S6. The summed E-state index contributed by atoms with van der Waals surface area (Å²) >= 11 is 8.88. The van der Waals surface area contributed by atoms with Crippen LogP contribution in [0.4, 0.5) is 15.4 Å². The second-order valence-corrected chi connectivity index (χ2v) is 37.9. The Morgan fingerprint density at radius 2 is 0.643 bits per heavy atom. The Morgan fingerprint density at radius 3 is 1.01 bits per heavy atom. The predicted molar refractivity (Wildman–Crippen MR) is 592 cm³/mol. The molecule has 0 aliphatic rings. The Balaban J connectivity index is 0.000000144. The van der Waals surface area contributed by atoms with Crippen LogP contribution in [0.2, 0.25) is 0 Å². The van der Waals surface area contributed by atoms with Crippen LogP contribution in [0.5, 0.6) is 0 Å². The molecule has 0 N–H and O–H groups in total. The van der Waals surface area contributed by atoms with Crippen molar-refractivity contribution < 1.29 is 28.8 Å². The van der Waals surface area contributed by atoms with Crippen LogP contribution in [-0.2, 0) is 19.6 Å². The van der Waals surface area contributed by atoms with E-state index in [1.54, 1.807) is 63.2 Å². The molecular weight excluding hydrogens is 1890 g/mol. The third-order valence-electron chi connectivity index (χ3n) is 22.5. The number of rotatable bonds is 24. The van der Waals surface area contributed by atoms with Crippen molar-refractivity contribution >= 4 is 119 Å². The number of unbranched alkanes of at least 4 members (excludes halogenated alkanes) is 1. The van der Waals surface area contributed by atoms with Gasteiger partial charge in [0, 0.05) is 120 Å². The molecule has 0 unspecified atom stereocenters. The van der Waals surface area contributed by atoms with Crippen LogP contribution in [0.3, 0.4) is 0 Å². The van der Waals surface area contributed by atoms with E-state index in [9.17, 15) is 28.8 Å². The van der Waals surface area contributed by atoms with E-state index < -0.39 is 0 Å². The first-order valence-corrected chi connectivity index (χ1v) is 52.2. The number of carbonyl (C=O) groups is 6. The van der Waals surface area contributed by atoms with Gasteiger partial charge in [-0.25, -0.2) is 15.0 Å². The van der Waals surface area contributed by atoms with Gasteiger partial charge in [-0.3, -0.25) is 43.5 Å². The molecule has 0 saturated heterocycles. The Morgan fingerprint density at radius 1 is 0.322 bits per heavy atom. The molecule has 0 aliphatic carbocycles. The number of terminal acetylenes is 2. The van der Waals surface area contributed by atoms with Gasteiger partial charge >= 0.3 is 0 Å². The highest BCUT2D eigenvalue weighted by Crippen LogP contribution is 2.35. The minimum atomic E-state index is -0.264. The van der Waals surface area contributed by atoms with Gasteiger partial charge in [0.15, 0.2) is 29.8 Å². The summed E-state index contributed by atoms with van der Waals surface area (Å²) in [5, 5.41) is 14.2. The van der Waals surface area contributed by atoms with Gasteiger partial charge in [-0.05, 0) is 163 Å². The maximum Gasteiger partial charge on any atom is 0.279 e. The molecule has 6 heterocycles. The van der Waals surface area contributed by atoms with E-state index in [-0.39, 0.29) is 42.0 Å². The predicted octanol–water partition coefficient (Wildman–Crippen LogP) is 27.6. The van der Waals surface area contributed by atoms with Crippen molar-refractivity contribution in [2.45, 2.75) is 108 Å². The highest BCUT2D eigenvalue weighted by atomic mass is 32.1. The number of anilines is 3. The van der Waals surface area contributed by atoms with E-state index in [2.05, 4.69) is 191 Å². The van der Waals surface area contributed by atoms with Gasteiger partial charge in [0.05, 0.1) is 47.3 Å². The third-order valence-corrected chi connectivity index (χ3v) is 27.7. The van der Waals surface area contributed by atoms with E-state index >= 15 is 0 Å². The third kappa shape index (κ3) is 28.4. The van der Waals surface area contributed by atoms with Crippen molar-refractivity contribution in [1.82, 2.24) is 28.7 Å². The molecule has 0 radical (unpaired) electrons. The molecule has 0 atom stereocenters. The normalized spacial score (nSPS) is 11.0. The molecule has 18 rings (SSSR count). The molecule has 0 bridgehead atoms. The second kappa shape index (κ2) is 53.1. The Kier molecular flexibility index (Phi) is 38.9. The van der Waals surface area contributed by atoms with Crippen molar-refractivity contribution in [3.05, 3.63) is 441 Å². The summed E-state index contributed by atoms with van der Waals surface area (Å²) in [4.78, 5) is 109. The average Bonchev–Trinajstić information content (AvgIpc) is 1.68. The molecule has 6 amide bonds. The molecule has 24 heteroatoms. The van der Waals surface area contributed by atoms with Crippen LogP contribution < -0.4 is 29.1 Å². The Labute approximate surface area is 860 Å². The molecule has 0 spiro atoms. The van der Waals surface area contributed by atoms with Gasteiger partial charge in [0.25, 0.3) is 35.4 Å². The summed E-state index contributed by atoms with van der Waals surface area (Å²) in [6.45, 7) is 24.2. The van der Waals surface area contributed by atoms with Gasteiger partial charge < -0.3 is 13.7 Å². The van der Waals surface area contributed by atoms with E-state index in [4.69, 9.17) is 12.8 Å². The van der Waals surface area contributed by atoms with Gasteiger partial charge in [-0.2, -0.15) is 15.0 Å². The van der Waals surface area contributed by atoms with Crippen molar-refractivity contribution in [2.24, 2.45) is 15.0 Å². The molecule has 143 heavy (non-hydrogen) atoms. The highest BCUT2D eigenvalue weighted by molar-refractivity contribution is 7.15. The summed E-state index contributed by atoms with van der Waals surface area (Å²) in [7, 11) is 0. The fraction of sp³-hybridized carbons (Fsp3) is 0.160. The number of carbonyl (C=O) groups excluding carboxylic acids is 6. The number of aryl methyl sites for hydroxylation is 6. The van der Waals surface area contributed by atoms with Gasteiger partial charge in [-0.1, -0.05) is 304 Å². The number of nitrogens with zero attached hydrogens (tertiary/aromatic N) is 12. The minimum Gasteiger partial charge on any atom is -0.317 e. The van der Waals surface area contributed by atoms with Gasteiger partial charge in [0.2, 0.25) is 0 Å². The summed E-state index contributed by atoms with van der Waals surface area (Å²) in [5.41, 5.74) is 23.6. The quantitative estimate of drug-likeness (QED) is 0.0527. The standard InChI is InChI=1S/C22H24N2OS.2C21H18N2OS.C19H18N2OS.2C18H16N2OS/c1-4-5-13-24-20(19-12-11-16(2)14-17(19)3)15-26-22(24)23-21(25)18-9-7-6-8-10-18;1-4-12-23-19(18-11-10-15(2)13-16(18)3)14-25-21(23)22-20(24)17-8-6-5-7-9-17;1-4-12-23(20(24)17-8-6-5-7-9-17)21-22-19(14-25-21)18-11-10-15(2)13-16(18)3;1-2-13-21(18(22)16-11-7-4-8-12-16)19-20-17(14-23-19)15-9-5-3-6-10-15;1-2-20-16(14-9-5-3-6-10-14)13-22-18(20)19-17(21)15-11-7-4-8-12-15;1-2-20(17(21)15-11-7-4-8-12-15)18-19-16(13-22-18)14-9-5-3-6-10-14/h6-12,14-15H,4-5,13H2,1-3H3;2*1,5-11,13-14H,12H2,2-3H3;3-12,14H,2,13H2,1H3;2*3-13H,2H2,1H3. The van der Waals surface area contributed by atoms with Crippen LogP contribution in [0, 0.1) is 66.2 Å². The zero-order valence-electron chi connectivity index (χ0n) is 81.4. The number of benzene rings is 12. The van der Waals surface area contributed by atoms with Crippen LogP contribution in [-0.4, -0.2) is 83.7 Å². The number of aromatic nitrogens is 6. The monoisotopic (exact) mass is 1990 g/mol. The number of amides is 6. The zero-order valence-corrected chi connectivity index (χ0v) is 86.3. The van der Waals surface area contributed by atoms with Gasteiger partial charge in [0.1, 0.15) is 0 Å². The van der Waals surface area contributed by atoms with E-state index in [1.807, 2.05) is 245 Å². The Bertz CT molecular complexity index is 7600. The lowest BCUT2D eigenvalue weighted by Crippen LogP contribution is -2.31. The van der Waals surface area contributed by atoms with Gasteiger partial charge in [-0.15, -0.1) is 80.9 Å². The first-order valence-electron chi connectivity index (χ1n) is 46.9. The first kappa shape index (κ1) is 105. The molecule has 12 aromatic carbocycles. The minimum absolute atomic E-state index is 0.00131. The summed E-state index contributed by atoms with van der Waals surface area (Å²) in [6, 6.07) is 104. The molecule has 0 aliphatic heterocycles. The Hall–Kier alpha value is -15.6. The van der Waals surface area contributed by atoms with Crippen LogP contribution in [0.1, 0.15) is 142 Å². The first-order chi connectivity index (χ1) is 69.7. The number of hydrogen-bond acceptors (Lipinski definition) is 15. The molecule has 18 nitrogen and oxygen atoms in total. The van der Waals surface area contributed by atoms with Crippen molar-refractivity contribution in [3.8, 4) is 92.2 Å². The molecule has 0 saturated carbocycles.